The van der Waals surface area contributed by atoms with Crippen LogP contribution in [-0.2, 0) is 28.6 Å². The molecule has 0 spiro atoms. The van der Waals surface area contributed by atoms with Crippen LogP contribution >= 0.6 is 11.3 Å². The maximum Gasteiger partial charge on any atom is 0.150 e. The summed E-state index contributed by atoms with van der Waals surface area (Å²) in [4.78, 5) is 14.2. The van der Waals surface area contributed by atoms with E-state index >= 15 is 0 Å². The van der Waals surface area contributed by atoms with Crippen molar-refractivity contribution in [3.05, 3.63) is 107 Å². The van der Waals surface area contributed by atoms with Crippen LogP contribution in [0, 0.1) is 0 Å². The monoisotopic (exact) mass is 463 g/mol. The highest BCUT2D eigenvalue weighted by molar-refractivity contribution is 7.86. The fourth-order valence-corrected chi connectivity index (χ4v) is 5.13. The molecule has 4 aromatic rings. The molecular weight excluding hydrogens is 438 g/mol. The normalized spacial score (nSPS) is 11.4. The van der Waals surface area contributed by atoms with E-state index in [0.29, 0.717) is 12.8 Å². The molecule has 0 radical (unpaired) electrons. The Morgan fingerprint density at radius 1 is 0.844 bits per heavy atom. The molecule has 0 aliphatic rings. The van der Waals surface area contributed by atoms with Crippen molar-refractivity contribution in [3.8, 4) is 11.1 Å². The van der Waals surface area contributed by atoms with Crippen LogP contribution in [0.2, 0.25) is 0 Å². The number of benzene rings is 3. The maximum atomic E-state index is 13.0. The van der Waals surface area contributed by atoms with Crippen molar-refractivity contribution < 1.29 is 14.5 Å². The lowest BCUT2D eigenvalue weighted by molar-refractivity contribution is -0.118. The molecule has 1 aromatic heterocycles. The van der Waals surface area contributed by atoms with Gasteiger partial charge in [0.05, 0.1) is 4.90 Å². The zero-order chi connectivity index (χ0) is 21.5. The molecule has 1 unspecified atom stereocenters. The lowest BCUT2D eigenvalue weighted by Crippen LogP contribution is -2.07. The van der Waals surface area contributed by atoms with Crippen LogP contribution in [0.15, 0.2) is 101 Å². The van der Waals surface area contributed by atoms with Gasteiger partial charge in [0.15, 0.2) is 11.0 Å². The fraction of sp³-hybridized carbons (Fsp3) is 0.115. The van der Waals surface area contributed by atoms with Crippen LogP contribution in [-0.4, -0.2) is 15.5 Å². The van der Waals surface area contributed by atoms with E-state index in [4.69, 9.17) is 0 Å². The van der Waals surface area contributed by atoms with Gasteiger partial charge in [0, 0.05) is 23.4 Å². The van der Waals surface area contributed by atoms with Crippen LogP contribution in [0.3, 0.4) is 0 Å². The van der Waals surface area contributed by atoms with E-state index in [1.165, 1.54) is 4.88 Å². The Hall–Kier alpha value is -3.06. The molecular formula is C26H25NO3S2. The summed E-state index contributed by atoms with van der Waals surface area (Å²) < 4.78 is 16.1. The van der Waals surface area contributed by atoms with Gasteiger partial charge in [-0.25, -0.2) is 4.21 Å². The van der Waals surface area contributed by atoms with Gasteiger partial charge in [-0.1, -0.05) is 66.7 Å². The average Bonchev–Trinajstić information content (AvgIpc) is 3.33. The molecule has 6 heteroatoms. The highest BCUT2D eigenvalue weighted by Crippen LogP contribution is 2.26. The summed E-state index contributed by atoms with van der Waals surface area (Å²) in [7, 11) is -1.40. The summed E-state index contributed by atoms with van der Waals surface area (Å²) in [6.45, 7) is 0. The van der Waals surface area contributed by atoms with Gasteiger partial charge in [0.1, 0.15) is 5.78 Å². The second-order valence-electron chi connectivity index (χ2n) is 7.22. The molecule has 4 nitrogen and oxygen atoms in total. The zero-order valence-electron chi connectivity index (χ0n) is 17.5. The first-order valence-corrected chi connectivity index (χ1v) is 12.2. The SMILES string of the molecule is O.O=C(CCc1cccs1)Cc1ccc(NS(=O)c2ccccc2-c2ccccc2)cc1. The summed E-state index contributed by atoms with van der Waals surface area (Å²) in [5.41, 5.74) is 3.71. The third kappa shape index (κ3) is 6.23. The Labute approximate surface area is 194 Å². The minimum atomic E-state index is -1.40. The van der Waals surface area contributed by atoms with Gasteiger partial charge in [-0.05, 0) is 52.8 Å². The van der Waals surface area contributed by atoms with Crippen LogP contribution < -0.4 is 4.72 Å². The Balaban J connectivity index is 0.00000289. The predicted octanol–water partition coefficient (Wildman–Crippen LogP) is 5.47. The number of hydrogen-bond acceptors (Lipinski definition) is 3. The van der Waals surface area contributed by atoms with Crippen LogP contribution in [0.4, 0.5) is 5.69 Å². The summed E-state index contributed by atoms with van der Waals surface area (Å²) >= 11 is 1.69. The minimum absolute atomic E-state index is 0. The number of carbonyl (C=O) groups is 1. The molecule has 164 valence electrons. The highest BCUT2D eigenvalue weighted by Gasteiger charge is 2.12. The molecule has 0 aliphatic heterocycles. The molecule has 0 bridgehead atoms. The molecule has 0 saturated heterocycles. The van der Waals surface area contributed by atoms with Crippen molar-refractivity contribution in [1.29, 1.82) is 0 Å². The molecule has 0 aliphatic carbocycles. The van der Waals surface area contributed by atoms with Gasteiger partial charge >= 0.3 is 0 Å². The van der Waals surface area contributed by atoms with E-state index in [1.54, 1.807) is 11.3 Å². The standard InChI is InChI=1S/C26H23NO2S2.H2O/c28-23(16-17-24-9-6-18-30-24)19-20-12-14-22(15-13-20)27-31(29)26-11-5-4-10-25(26)21-7-2-1-3-8-21;/h1-15,18,27H,16-17,19H2;1H2. The Morgan fingerprint density at radius 2 is 1.56 bits per heavy atom. The molecule has 4 rings (SSSR count). The molecule has 1 atom stereocenters. The van der Waals surface area contributed by atoms with Crippen LogP contribution in [0.1, 0.15) is 16.9 Å². The van der Waals surface area contributed by atoms with E-state index in [-0.39, 0.29) is 11.3 Å². The quantitative estimate of drug-likeness (QED) is 0.357. The van der Waals surface area contributed by atoms with Gasteiger partial charge in [-0.3, -0.25) is 4.79 Å². The second kappa shape index (κ2) is 11.5. The molecule has 0 saturated carbocycles. The Morgan fingerprint density at radius 3 is 2.28 bits per heavy atom. The highest BCUT2D eigenvalue weighted by atomic mass is 32.2. The maximum absolute atomic E-state index is 13.0. The third-order valence-electron chi connectivity index (χ3n) is 4.97. The smallest absolute Gasteiger partial charge is 0.150 e. The number of hydrogen-bond donors (Lipinski definition) is 1. The van der Waals surface area contributed by atoms with E-state index < -0.39 is 11.0 Å². The lowest BCUT2D eigenvalue weighted by atomic mass is 10.1. The van der Waals surface area contributed by atoms with Crippen LogP contribution in [0.5, 0.6) is 0 Å². The van der Waals surface area contributed by atoms with Crippen molar-refractivity contribution in [1.82, 2.24) is 0 Å². The number of thiophene rings is 1. The van der Waals surface area contributed by atoms with E-state index in [0.717, 1.165) is 33.7 Å². The Kier molecular flexibility index (Phi) is 8.50. The van der Waals surface area contributed by atoms with Gasteiger partial charge in [0.25, 0.3) is 0 Å². The summed E-state index contributed by atoms with van der Waals surface area (Å²) in [6, 6.07) is 29.3. The summed E-state index contributed by atoms with van der Waals surface area (Å²) in [5, 5.41) is 2.04. The molecule has 3 aromatic carbocycles. The fourth-order valence-electron chi connectivity index (χ4n) is 3.37. The van der Waals surface area contributed by atoms with Crippen LogP contribution in [0.25, 0.3) is 11.1 Å². The zero-order valence-corrected chi connectivity index (χ0v) is 19.1. The number of nitrogens with one attached hydrogen (secondary N) is 1. The van der Waals surface area contributed by atoms with E-state index in [1.807, 2.05) is 90.3 Å². The first-order chi connectivity index (χ1) is 15.2. The number of aryl methyl sites for hydroxylation is 1. The predicted molar refractivity (Wildman–Crippen MR) is 133 cm³/mol. The first-order valence-electron chi connectivity index (χ1n) is 10.1. The van der Waals surface area contributed by atoms with Crippen molar-refractivity contribution in [3.63, 3.8) is 0 Å². The van der Waals surface area contributed by atoms with Gasteiger partial charge in [-0.15, -0.1) is 11.3 Å². The Bertz CT molecular complexity index is 1160. The van der Waals surface area contributed by atoms with E-state index in [9.17, 15) is 9.00 Å². The van der Waals surface area contributed by atoms with Crippen molar-refractivity contribution in [2.45, 2.75) is 24.2 Å². The van der Waals surface area contributed by atoms with Crippen molar-refractivity contribution >= 4 is 33.8 Å². The lowest BCUT2D eigenvalue weighted by Gasteiger charge is -2.11. The van der Waals surface area contributed by atoms with Gasteiger partial charge in [0.2, 0.25) is 0 Å². The molecule has 32 heavy (non-hydrogen) atoms. The average molecular weight is 464 g/mol. The largest absolute Gasteiger partial charge is 0.412 e. The van der Waals surface area contributed by atoms with Crippen molar-refractivity contribution in [2.75, 3.05) is 4.72 Å². The number of ketones is 1. The van der Waals surface area contributed by atoms with Gasteiger partial charge < -0.3 is 10.2 Å². The molecule has 3 N–H and O–H groups in total. The third-order valence-corrected chi connectivity index (χ3v) is 7.08. The second-order valence-corrected chi connectivity index (χ2v) is 9.44. The topological polar surface area (TPSA) is 77.7 Å². The molecule has 1 heterocycles. The number of Topliss-reactive ketones (excluding diaryl/α,β-unsaturated/α-hetero) is 1. The molecule has 0 fully saturated rings. The van der Waals surface area contributed by atoms with Gasteiger partial charge in [-0.2, -0.15) is 0 Å². The first kappa shape index (κ1) is 23.6. The minimum Gasteiger partial charge on any atom is -0.412 e. The summed E-state index contributed by atoms with van der Waals surface area (Å²) in [5.74, 6) is 0.231. The summed E-state index contributed by atoms with van der Waals surface area (Å²) in [6.07, 6.45) is 1.78. The number of rotatable bonds is 9. The van der Waals surface area contributed by atoms with Crippen molar-refractivity contribution in [2.24, 2.45) is 0 Å². The number of anilines is 1. The van der Waals surface area contributed by atoms with E-state index in [2.05, 4.69) is 10.8 Å². The number of carbonyl (C=O) groups excluding carboxylic acids is 1. The molecule has 0 amide bonds.